The minimum atomic E-state index is -0.833. The molecule has 0 aliphatic carbocycles. The van der Waals surface area contributed by atoms with E-state index in [0.717, 1.165) is 38.5 Å². The maximum atomic E-state index is 11.9. The summed E-state index contributed by atoms with van der Waals surface area (Å²) in [5.41, 5.74) is 0.709. The van der Waals surface area contributed by atoms with Crippen molar-refractivity contribution in [1.29, 1.82) is 0 Å². The molecule has 1 saturated heterocycles. The van der Waals surface area contributed by atoms with Gasteiger partial charge in [0.05, 0.1) is 0 Å². The second-order valence-electron chi connectivity index (χ2n) is 6.52. The molecule has 0 aromatic carbocycles. The van der Waals surface area contributed by atoms with Crippen molar-refractivity contribution in [3.05, 3.63) is 30.1 Å². The van der Waals surface area contributed by atoms with Gasteiger partial charge >= 0.3 is 6.09 Å². The Morgan fingerprint density at radius 3 is 2.26 bits per heavy atom. The van der Waals surface area contributed by atoms with Gasteiger partial charge in [0.1, 0.15) is 5.60 Å². The number of aromatic nitrogens is 1. The predicted octanol–water partition coefficient (Wildman–Crippen LogP) is 3.29. The minimum Gasteiger partial charge on any atom is -0.481 e. The number of carbonyl (C=O) groups is 2. The van der Waals surface area contributed by atoms with Crippen LogP contribution in [0.4, 0.5) is 4.79 Å². The third-order valence-corrected chi connectivity index (χ3v) is 3.25. The number of hydrogen-bond donors (Lipinski definition) is 1. The molecule has 0 spiro atoms. The lowest BCUT2D eigenvalue weighted by Crippen LogP contribution is -2.41. The number of piperidine rings is 1. The summed E-state index contributed by atoms with van der Waals surface area (Å²) in [5, 5.41) is 7.42. The monoisotopic (exact) mass is 322 g/mol. The number of pyridine rings is 1. The summed E-state index contributed by atoms with van der Waals surface area (Å²) in [6.45, 7) is 8.26. The van der Waals surface area contributed by atoms with Crippen LogP contribution < -0.4 is 0 Å². The Balaban J connectivity index is 0.000000593. The molecule has 1 aliphatic rings. The first-order valence-electron chi connectivity index (χ1n) is 7.77. The number of rotatable bonds is 1. The highest BCUT2D eigenvalue weighted by Gasteiger charge is 2.27. The van der Waals surface area contributed by atoms with Crippen molar-refractivity contribution < 1.29 is 19.4 Å². The predicted molar refractivity (Wildman–Crippen MR) is 87.3 cm³/mol. The van der Waals surface area contributed by atoms with E-state index in [2.05, 4.69) is 11.1 Å². The SMILES string of the molecule is CC(=O)O.CC(C)(C)OC(=O)N1CCC(c2ccccn2)CC1. The molecule has 128 valence electrons. The smallest absolute Gasteiger partial charge is 0.410 e. The van der Waals surface area contributed by atoms with Crippen LogP contribution in [0.2, 0.25) is 0 Å². The van der Waals surface area contributed by atoms with E-state index in [1.54, 1.807) is 4.90 Å². The Morgan fingerprint density at radius 2 is 1.83 bits per heavy atom. The van der Waals surface area contributed by atoms with Crippen LogP contribution >= 0.6 is 0 Å². The molecule has 1 fully saturated rings. The first-order chi connectivity index (χ1) is 10.7. The summed E-state index contributed by atoms with van der Waals surface area (Å²) in [7, 11) is 0. The van der Waals surface area contributed by atoms with Gasteiger partial charge in [0.25, 0.3) is 5.97 Å². The summed E-state index contributed by atoms with van der Waals surface area (Å²) < 4.78 is 5.39. The van der Waals surface area contributed by atoms with E-state index in [0.29, 0.717) is 5.92 Å². The Labute approximate surface area is 137 Å². The average molecular weight is 322 g/mol. The zero-order valence-electron chi connectivity index (χ0n) is 14.3. The number of likely N-dealkylation sites (tertiary alicyclic amines) is 1. The van der Waals surface area contributed by atoms with E-state index >= 15 is 0 Å². The molecule has 6 heteroatoms. The topological polar surface area (TPSA) is 79.7 Å². The van der Waals surface area contributed by atoms with Gasteiger partial charge in [0.15, 0.2) is 0 Å². The molecule has 0 bridgehead atoms. The maximum absolute atomic E-state index is 11.9. The summed E-state index contributed by atoms with van der Waals surface area (Å²) >= 11 is 0. The van der Waals surface area contributed by atoms with Crippen molar-refractivity contribution in [3.8, 4) is 0 Å². The molecular formula is C17H26N2O4. The fraction of sp³-hybridized carbons (Fsp3) is 0.588. The summed E-state index contributed by atoms with van der Waals surface area (Å²) in [6.07, 6.45) is 3.54. The van der Waals surface area contributed by atoms with E-state index < -0.39 is 11.6 Å². The van der Waals surface area contributed by atoms with E-state index in [4.69, 9.17) is 14.6 Å². The van der Waals surface area contributed by atoms with E-state index in [9.17, 15) is 4.79 Å². The summed E-state index contributed by atoms with van der Waals surface area (Å²) in [5.74, 6) is -0.375. The van der Waals surface area contributed by atoms with Gasteiger partial charge in [-0.2, -0.15) is 0 Å². The van der Waals surface area contributed by atoms with Crippen molar-refractivity contribution in [2.75, 3.05) is 13.1 Å². The normalized spacial score (nSPS) is 15.4. The number of nitrogens with zero attached hydrogens (tertiary/aromatic N) is 2. The molecule has 23 heavy (non-hydrogen) atoms. The molecular weight excluding hydrogens is 296 g/mol. The van der Waals surface area contributed by atoms with Gasteiger partial charge in [-0.15, -0.1) is 0 Å². The van der Waals surface area contributed by atoms with Gasteiger partial charge < -0.3 is 14.7 Å². The van der Waals surface area contributed by atoms with Gasteiger partial charge in [-0.3, -0.25) is 9.78 Å². The molecule has 2 rings (SSSR count). The number of carboxylic acid groups (broad SMARTS) is 1. The van der Waals surface area contributed by atoms with E-state index in [-0.39, 0.29) is 6.09 Å². The Kier molecular flexibility index (Phi) is 7.00. The van der Waals surface area contributed by atoms with Gasteiger partial charge in [0, 0.05) is 37.8 Å². The van der Waals surface area contributed by atoms with Crippen molar-refractivity contribution in [1.82, 2.24) is 9.88 Å². The van der Waals surface area contributed by atoms with Crippen molar-refractivity contribution in [2.45, 2.75) is 52.1 Å². The maximum Gasteiger partial charge on any atom is 0.410 e. The van der Waals surface area contributed by atoms with Crippen LogP contribution in [0.3, 0.4) is 0 Å². The fourth-order valence-corrected chi connectivity index (χ4v) is 2.30. The van der Waals surface area contributed by atoms with Crippen LogP contribution in [-0.2, 0) is 9.53 Å². The Hall–Kier alpha value is -2.11. The molecule has 1 aromatic rings. The zero-order valence-corrected chi connectivity index (χ0v) is 14.3. The molecule has 1 aromatic heterocycles. The standard InChI is InChI=1S/C15H22N2O2.C2H4O2/c1-15(2,3)19-14(18)17-10-7-12(8-11-17)13-6-4-5-9-16-13;1-2(3)4/h4-6,9,12H,7-8,10-11H2,1-3H3;1H3,(H,3,4). The van der Waals surface area contributed by atoms with Crippen molar-refractivity contribution in [2.24, 2.45) is 0 Å². The molecule has 0 saturated carbocycles. The first kappa shape index (κ1) is 18.9. The number of ether oxygens (including phenoxy) is 1. The highest BCUT2D eigenvalue weighted by Crippen LogP contribution is 2.27. The van der Waals surface area contributed by atoms with Crippen LogP contribution in [0.5, 0.6) is 0 Å². The largest absolute Gasteiger partial charge is 0.481 e. The highest BCUT2D eigenvalue weighted by molar-refractivity contribution is 5.68. The lowest BCUT2D eigenvalue weighted by atomic mass is 9.93. The van der Waals surface area contributed by atoms with Crippen LogP contribution in [0, 0.1) is 0 Å². The summed E-state index contributed by atoms with van der Waals surface area (Å²) in [6, 6.07) is 6.01. The van der Waals surface area contributed by atoms with E-state index in [1.165, 1.54) is 0 Å². The van der Waals surface area contributed by atoms with E-state index in [1.807, 2.05) is 39.1 Å². The average Bonchev–Trinajstić information content (AvgIpc) is 2.46. The number of carboxylic acids is 1. The second-order valence-corrected chi connectivity index (χ2v) is 6.52. The first-order valence-corrected chi connectivity index (χ1v) is 7.77. The second kappa shape index (κ2) is 8.50. The Bertz CT molecular complexity index is 499. The molecule has 6 nitrogen and oxygen atoms in total. The molecule has 1 aliphatic heterocycles. The fourth-order valence-electron chi connectivity index (χ4n) is 2.30. The van der Waals surface area contributed by atoms with Gasteiger partial charge in [-0.1, -0.05) is 6.07 Å². The molecule has 0 radical (unpaired) electrons. The minimum absolute atomic E-state index is 0.202. The lowest BCUT2D eigenvalue weighted by molar-refractivity contribution is -0.134. The number of carbonyl (C=O) groups excluding carboxylic acids is 1. The Morgan fingerprint density at radius 1 is 1.26 bits per heavy atom. The van der Waals surface area contributed by atoms with Crippen LogP contribution in [0.25, 0.3) is 0 Å². The third kappa shape index (κ3) is 7.63. The van der Waals surface area contributed by atoms with Gasteiger partial charge in [-0.25, -0.2) is 4.79 Å². The molecule has 1 amide bonds. The van der Waals surface area contributed by atoms with Crippen LogP contribution in [0.1, 0.15) is 52.1 Å². The third-order valence-electron chi connectivity index (χ3n) is 3.25. The quantitative estimate of drug-likeness (QED) is 0.858. The van der Waals surface area contributed by atoms with Crippen LogP contribution in [-0.4, -0.2) is 45.7 Å². The molecule has 0 unspecified atom stereocenters. The molecule has 1 N–H and O–H groups in total. The number of amides is 1. The summed E-state index contributed by atoms with van der Waals surface area (Å²) in [4.78, 5) is 27.1. The van der Waals surface area contributed by atoms with Gasteiger partial charge in [-0.05, 0) is 45.7 Å². The van der Waals surface area contributed by atoms with Crippen LogP contribution in [0.15, 0.2) is 24.4 Å². The van der Waals surface area contributed by atoms with Crippen molar-refractivity contribution >= 4 is 12.1 Å². The van der Waals surface area contributed by atoms with Crippen molar-refractivity contribution in [3.63, 3.8) is 0 Å². The zero-order chi connectivity index (χ0) is 17.5. The highest BCUT2D eigenvalue weighted by atomic mass is 16.6. The molecule has 0 atom stereocenters. The lowest BCUT2D eigenvalue weighted by Gasteiger charge is -2.33. The number of hydrogen-bond acceptors (Lipinski definition) is 4. The number of aliphatic carboxylic acids is 1. The molecule has 2 heterocycles. The van der Waals surface area contributed by atoms with Gasteiger partial charge in [0.2, 0.25) is 0 Å².